The maximum atomic E-state index is 14.5. The third-order valence-corrected chi connectivity index (χ3v) is 12.2. The van der Waals surface area contributed by atoms with Gasteiger partial charge in [-0.1, -0.05) is 28.8 Å². The van der Waals surface area contributed by atoms with E-state index in [1.807, 2.05) is 0 Å². The minimum absolute atomic E-state index is 0.107. The minimum atomic E-state index is -3.54. The van der Waals surface area contributed by atoms with Crippen molar-refractivity contribution in [2.45, 2.75) is 55.7 Å². The first kappa shape index (κ1) is 36.9. The van der Waals surface area contributed by atoms with E-state index in [-0.39, 0.29) is 35.7 Å². The van der Waals surface area contributed by atoms with Crippen molar-refractivity contribution in [2.24, 2.45) is 7.05 Å². The molecule has 3 heterocycles. The fraction of sp³-hybridized carbons (Fsp3) is 0.314. The van der Waals surface area contributed by atoms with Crippen LogP contribution in [0.25, 0.3) is 22.0 Å². The van der Waals surface area contributed by atoms with Gasteiger partial charge in [-0.05, 0) is 80.8 Å². The number of sulfone groups is 1. The maximum Gasteiger partial charge on any atom is 0.242 e. The number of carbonyl (C=O) groups is 1. The molecule has 52 heavy (non-hydrogen) atoms. The van der Waals surface area contributed by atoms with Gasteiger partial charge in [-0.15, -0.1) is 5.10 Å². The summed E-state index contributed by atoms with van der Waals surface area (Å²) >= 11 is 6.68. The average molecular weight is 769 g/mol. The van der Waals surface area contributed by atoms with E-state index in [4.69, 9.17) is 16.6 Å². The number of halogens is 3. The Balaban J connectivity index is 1.55. The number of hydrogen-bond acceptors (Lipinski definition) is 8. The van der Waals surface area contributed by atoms with E-state index in [1.54, 1.807) is 49.8 Å². The Morgan fingerprint density at radius 2 is 1.81 bits per heavy atom. The Kier molecular flexibility index (Phi) is 9.90. The molecule has 1 aliphatic rings. The van der Waals surface area contributed by atoms with E-state index in [1.165, 1.54) is 23.3 Å². The highest BCUT2D eigenvalue weighted by atomic mass is 35.5. The highest BCUT2D eigenvalue weighted by Crippen LogP contribution is 2.40. The molecule has 0 radical (unpaired) electrons. The predicted molar refractivity (Wildman–Crippen MR) is 198 cm³/mol. The molecule has 2 atom stereocenters. The van der Waals surface area contributed by atoms with Gasteiger partial charge in [0, 0.05) is 46.4 Å². The molecule has 0 saturated heterocycles. The maximum absolute atomic E-state index is 14.5. The summed E-state index contributed by atoms with van der Waals surface area (Å²) in [6.07, 6.45) is 5.42. The first-order valence-electron chi connectivity index (χ1n) is 16.0. The second-order valence-corrected chi connectivity index (χ2v) is 18.6. The molecule has 1 aliphatic carbocycles. The molecule has 1 amide bonds. The Hall–Kier alpha value is -4.85. The lowest BCUT2D eigenvalue weighted by Gasteiger charge is -2.23. The monoisotopic (exact) mass is 768 g/mol. The number of carbonyl (C=O) groups excluding carboxylic acids is 1. The number of aryl methyl sites for hydroxylation is 1. The number of nitrogens with zero attached hydrogens (tertiary/aromatic N) is 6. The molecule has 1 fully saturated rings. The van der Waals surface area contributed by atoms with Crippen LogP contribution in [0.3, 0.4) is 0 Å². The molecule has 6 rings (SSSR count). The SMILES string of the molecule is C=S(C)(=O)Nc1nn(C)c2c(-c3ccc(C#CC(C)(C)S(=O)(=O)C4CC4)nc3[C@H](Cc3cc(F)cc(F)c3)NC(=O)Cn3ccnn3)ccc(Cl)c12. The topological polar surface area (TPSA) is 154 Å². The second-order valence-electron chi connectivity index (χ2n) is 13.2. The fourth-order valence-electron chi connectivity index (χ4n) is 5.87. The van der Waals surface area contributed by atoms with Gasteiger partial charge in [0.1, 0.15) is 28.6 Å². The van der Waals surface area contributed by atoms with Crippen LogP contribution in [0.15, 0.2) is 54.9 Å². The number of benzene rings is 2. The van der Waals surface area contributed by atoms with Gasteiger partial charge in [0.05, 0.1) is 39.1 Å². The molecule has 17 heteroatoms. The quantitative estimate of drug-likeness (QED) is 0.146. The Morgan fingerprint density at radius 3 is 2.44 bits per heavy atom. The van der Waals surface area contributed by atoms with Crippen molar-refractivity contribution in [1.29, 1.82) is 0 Å². The normalized spacial score (nSPS) is 15.1. The number of pyridine rings is 1. The third kappa shape index (κ3) is 7.96. The lowest BCUT2D eigenvalue weighted by atomic mass is 9.93. The Bertz CT molecular complexity index is 2470. The highest BCUT2D eigenvalue weighted by Gasteiger charge is 2.45. The van der Waals surface area contributed by atoms with Gasteiger partial charge in [0.15, 0.2) is 15.7 Å². The van der Waals surface area contributed by atoms with Crippen LogP contribution in [0.2, 0.25) is 5.02 Å². The zero-order valence-corrected chi connectivity index (χ0v) is 31.0. The van der Waals surface area contributed by atoms with E-state index in [0.717, 1.165) is 18.2 Å². The van der Waals surface area contributed by atoms with Crippen LogP contribution >= 0.6 is 11.6 Å². The van der Waals surface area contributed by atoms with Crippen LogP contribution in [-0.2, 0) is 44.4 Å². The lowest BCUT2D eigenvalue weighted by Crippen LogP contribution is -2.34. The van der Waals surface area contributed by atoms with Crippen molar-refractivity contribution in [3.8, 4) is 23.0 Å². The largest absolute Gasteiger partial charge is 0.346 e. The molecule has 0 aliphatic heterocycles. The molecule has 3 aromatic heterocycles. The fourth-order valence-corrected chi connectivity index (χ4v) is 8.45. The summed E-state index contributed by atoms with van der Waals surface area (Å²) in [5.41, 5.74) is 2.21. The van der Waals surface area contributed by atoms with Crippen molar-refractivity contribution < 1.29 is 26.2 Å². The molecular weight excluding hydrogens is 734 g/mol. The van der Waals surface area contributed by atoms with Crippen LogP contribution in [0, 0.1) is 23.5 Å². The summed E-state index contributed by atoms with van der Waals surface area (Å²) in [6, 6.07) is 8.76. The van der Waals surface area contributed by atoms with Crippen LogP contribution in [0.5, 0.6) is 0 Å². The number of fused-ring (bicyclic) bond motifs is 1. The molecule has 2 N–H and O–H groups in total. The van der Waals surface area contributed by atoms with Gasteiger partial charge < -0.3 is 5.32 Å². The number of amides is 1. The van der Waals surface area contributed by atoms with Crippen LogP contribution in [-0.4, -0.2) is 70.4 Å². The van der Waals surface area contributed by atoms with E-state index in [2.05, 4.69) is 43.2 Å². The van der Waals surface area contributed by atoms with Gasteiger partial charge in [0.2, 0.25) is 5.91 Å². The van der Waals surface area contributed by atoms with E-state index in [0.29, 0.717) is 39.9 Å². The molecule has 2 aromatic carbocycles. The molecular formula is C35H35ClF2N8O4S2. The third-order valence-electron chi connectivity index (χ3n) is 8.44. The Labute approximate surface area is 305 Å². The van der Waals surface area contributed by atoms with Gasteiger partial charge in [0.25, 0.3) is 0 Å². The molecule has 1 saturated carbocycles. The lowest BCUT2D eigenvalue weighted by molar-refractivity contribution is -0.122. The second kappa shape index (κ2) is 13.9. The summed E-state index contributed by atoms with van der Waals surface area (Å²) in [5, 5.41) is 15.4. The molecule has 0 bridgehead atoms. The van der Waals surface area contributed by atoms with Crippen molar-refractivity contribution in [3.05, 3.63) is 88.5 Å². The predicted octanol–water partition coefficient (Wildman–Crippen LogP) is 4.64. The number of rotatable bonds is 11. The summed E-state index contributed by atoms with van der Waals surface area (Å²) in [6.45, 7) is 2.88. The molecule has 12 nitrogen and oxygen atoms in total. The molecule has 1 unspecified atom stereocenters. The van der Waals surface area contributed by atoms with Crippen molar-refractivity contribution in [2.75, 3.05) is 11.0 Å². The van der Waals surface area contributed by atoms with E-state index < -0.39 is 53.1 Å². The molecule has 272 valence electrons. The Morgan fingerprint density at radius 1 is 1.12 bits per heavy atom. The number of anilines is 1. The summed E-state index contributed by atoms with van der Waals surface area (Å²) in [4.78, 5) is 18.4. The summed E-state index contributed by atoms with van der Waals surface area (Å²) in [5.74, 6) is 7.60. The van der Waals surface area contributed by atoms with E-state index in [9.17, 15) is 26.2 Å². The average Bonchev–Trinajstić information content (AvgIpc) is 3.71. The highest BCUT2D eigenvalue weighted by molar-refractivity contribution is 8.00. The van der Waals surface area contributed by atoms with Crippen LogP contribution in [0.4, 0.5) is 14.6 Å². The minimum Gasteiger partial charge on any atom is -0.346 e. The zero-order chi connectivity index (χ0) is 37.6. The summed E-state index contributed by atoms with van der Waals surface area (Å²) in [7, 11) is -4.63. The first-order chi connectivity index (χ1) is 24.4. The smallest absolute Gasteiger partial charge is 0.242 e. The molecule has 0 spiro atoms. The van der Waals surface area contributed by atoms with Crippen molar-refractivity contribution in [3.63, 3.8) is 0 Å². The number of aromatic nitrogens is 6. The van der Waals surface area contributed by atoms with Gasteiger partial charge in [-0.25, -0.2) is 31.1 Å². The standard InChI is InChI=1S/C35H35ClF2N8O4S2/c1-35(2,52(49,50)25-7-8-25)13-12-24-6-9-26(27-10-11-28(36)31-33(27)45(3)42-34(31)43-51(4,5)48)32(40-24)29(18-21-16-22(37)19-23(38)17-21)41-30(47)20-46-15-14-39-44-46/h6,9-11,14-17,19,25,29H,4,7-8,18,20H2,1-3,5H3,(H,41,47)(H,42,43,48)/t29-,51?/m0/s1. The zero-order valence-electron chi connectivity index (χ0n) is 28.7. The van der Waals surface area contributed by atoms with Gasteiger partial charge in [-0.3, -0.25) is 14.2 Å². The van der Waals surface area contributed by atoms with Gasteiger partial charge >= 0.3 is 0 Å². The number of hydrogen-bond donors (Lipinski definition) is 2. The van der Waals surface area contributed by atoms with Crippen LogP contribution < -0.4 is 10.0 Å². The van der Waals surface area contributed by atoms with Gasteiger partial charge in [-0.2, -0.15) is 5.10 Å². The van der Waals surface area contributed by atoms with Crippen molar-refractivity contribution >= 4 is 59.6 Å². The number of nitrogens with one attached hydrogen (secondary N) is 2. The molecule has 5 aromatic rings. The van der Waals surface area contributed by atoms with Crippen molar-refractivity contribution in [1.82, 2.24) is 35.1 Å². The van der Waals surface area contributed by atoms with E-state index >= 15 is 0 Å². The van der Waals surface area contributed by atoms with Crippen LogP contribution in [0.1, 0.15) is 49.7 Å². The first-order valence-corrected chi connectivity index (χ1v) is 20.1. The summed E-state index contributed by atoms with van der Waals surface area (Å²) < 4.78 is 72.2.